The highest BCUT2D eigenvalue weighted by Crippen LogP contribution is 2.28. The maximum Gasteiger partial charge on any atom is 0.259 e. The van der Waals surface area contributed by atoms with Crippen LogP contribution in [0.2, 0.25) is 0 Å². The molecule has 0 atom stereocenters. The van der Waals surface area contributed by atoms with Crippen molar-refractivity contribution in [2.24, 2.45) is 0 Å². The Kier molecular flexibility index (Phi) is 4.12. The van der Waals surface area contributed by atoms with Crippen molar-refractivity contribution in [2.45, 2.75) is 13.8 Å². The van der Waals surface area contributed by atoms with Gasteiger partial charge < -0.3 is 9.73 Å². The first-order chi connectivity index (χ1) is 13.0. The number of carbonyl (C=O) groups is 1. The Morgan fingerprint density at radius 1 is 1.15 bits per heavy atom. The van der Waals surface area contributed by atoms with E-state index in [1.54, 1.807) is 19.2 Å². The molecule has 0 saturated heterocycles. The van der Waals surface area contributed by atoms with Crippen molar-refractivity contribution in [1.82, 2.24) is 15.0 Å². The molecule has 1 aromatic carbocycles. The molecule has 0 fully saturated rings. The lowest BCUT2D eigenvalue weighted by molar-refractivity contribution is 0.102. The molecule has 27 heavy (non-hydrogen) atoms. The van der Waals surface area contributed by atoms with Crippen LogP contribution >= 0.6 is 0 Å². The van der Waals surface area contributed by atoms with E-state index in [9.17, 15) is 9.18 Å². The molecule has 134 valence electrons. The summed E-state index contributed by atoms with van der Waals surface area (Å²) in [6.07, 6.45) is 4.00. The molecular weight excluding hydrogens is 347 g/mol. The van der Waals surface area contributed by atoms with Gasteiger partial charge in [-0.1, -0.05) is 0 Å². The number of nitrogens with one attached hydrogen (secondary N) is 1. The lowest BCUT2D eigenvalue weighted by Gasteiger charge is -2.08. The topological polar surface area (TPSA) is 80.9 Å². The average Bonchev–Trinajstić information content (AvgIpc) is 3.01. The first-order valence-corrected chi connectivity index (χ1v) is 8.26. The molecule has 3 heterocycles. The average molecular weight is 362 g/mol. The minimum Gasteiger partial charge on any atom is -0.441 e. The monoisotopic (exact) mass is 362 g/mol. The zero-order valence-corrected chi connectivity index (χ0v) is 14.7. The number of hydrogen-bond acceptors (Lipinski definition) is 5. The fourth-order valence-electron chi connectivity index (χ4n) is 2.87. The van der Waals surface area contributed by atoms with Crippen molar-refractivity contribution in [3.63, 3.8) is 0 Å². The summed E-state index contributed by atoms with van der Waals surface area (Å²) in [4.78, 5) is 24.4. The smallest absolute Gasteiger partial charge is 0.259 e. The predicted octanol–water partition coefficient (Wildman–Crippen LogP) is 4.29. The van der Waals surface area contributed by atoms with Gasteiger partial charge in [-0.05, 0) is 48.4 Å². The fraction of sp³-hybridized carbons (Fsp3) is 0.100. The molecule has 0 spiro atoms. The van der Waals surface area contributed by atoms with Gasteiger partial charge >= 0.3 is 0 Å². The fourth-order valence-corrected chi connectivity index (χ4v) is 2.87. The number of anilines is 1. The van der Waals surface area contributed by atoms with Crippen LogP contribution in [0.4, 0.5) is 10.2 Å². The molecule has 7 heteroatoms. The molecule has 0 aliphatic heterocycles. The number of pyridine rings is 2. The Morgan fingerprint density at radius 2 is 2.00 bits per heavy atom. The van der Waals surface area contributed by atoms with E-state index in [0.29, 0.717) is 17.3 Å². The number of oxazole rings is 1. The maximum atomic E-state index is 13.6. The molecule has 3 aromatic heterocycles. The first kappa shape index (κ1) is 16.8. The number of aromatic nitrogens is 3. The number of fused-ring (bicyclic) bond motifs is 1. The summed E-state index contributed by atoms with van der Waals surface area (Å²) in [6, 6.07) is 8.71. The van der Waals surface area contributed by atoms with Crippen LogP contribution in [0.15, 0.2) is 53.3 Å². The molecule has 1 N–H and O–H groups in total. The standard InChI is InChI=1S/C20H15FN4O2/c1-11-7-17-18(27-12(2)24-17)8-15(11)13-3-4-19(23-9-13)25-20(26)14-5-6-22-10-16(14)21/h3-10H,1-2H3,(H,23,25,26). The van der Waals surface area contributed by atoms with E-state index in [2.05, 4.69) is 20.3 Å². The minimum absolute atomic E-state index is 0.0853. The zero-order chi connectivity index (χ0) is 19.0. The van der Waals surface area contributed by atoms with E-state index in [1.807, 2.05) is 25.1 Å². The summed E-state index contributed by atoms with van der Waals surface area (Å²) in [7, 11) is 0. The molecule has 0 saturated carbocycles. The molecule has 0 aliphatic carbocycles. The van der Waals surface area contributed by atoms with Gasteiger partial charge in [-0.15, -0.1) is 0 Å². The van der Waals surface area contributed by atoms with Gasteiger partial charge in [0.1, 0.15) is 11.3 Å². The number of aryl methyl sites for hydroxylation is 2. The Morgan fingerprint density at radius 3 is 2.74 bits per heavy atom. The van der Waals surface area contributed by atoms with Gasteiger partial charge in [0.15, 0.2) is 17.3 Å². The number of nitrogens with zero attached hydrogens (tertiary/aromatic N) is 3. The Labute approximate surface area is 154 Å². The van der Waals surface area contributed by atoms with Crippen LogP contribution < -0.4 is 5.32 Å². The summed E-state index contributed by atoms with van der Waals surface area (Å²) in [5, 5.41) is 2.58. The van der Waals surface area contributed by atoms with E-state index in [-0.39, 0.29) is 5.56 Å². The molecule has 4 rings (SSSR count). The number of carbonyl (C=O) groups excluding carboxylic acids is 1. The van der Waals surface area contributed by atoms with Gasteiger partial charge in [-0.3, -0.25) is 9.78 Å². The SMILES string of the molecule is Cc1nc2cc(C)c(-c3ccc(NC(=O)c4ccncc4F)nc3)cc2o1. The van der Waals surface area contributed by atoms with Crippen LogP contribution in [0.25, 0.3) is 22.2 Å². The first-order valence-electron chi connectivity index (χ1n) is 8.26. The third kappa shape index (κ3) is 3.27. The highest BCUT2D eigenvalue weighted by molar-refractivity contribution is 6.03. The van der Waals surface area contributed by atoms with E-state index in [4.69, 9.17) is 4.42 Å². The molecule has 0 aliphatic rings. The zero-order valence-electron chi connectivity index (χ0n) is 14.7. The van der Waals surface area contributed by atoms with Gasteiger partial charge in [-0.2, -0.15) is 0 Å². The van der Waals surface area contributed by atoms with E-state index in [1.165, 1.54) is 12.3 Å². The highest BCUT2D eigenvalue weighted by atomic mass is 19.1. The molecular formula is C20H15FN4O2. The van der Waals surface area contributed by atoms with Crippen molar-refractivity contribution in [1.29, 1.82) is 0 Å². The third-order valence-corrected chi connectivity index (χ3v) is 4.17. The molecule has 6 nitrogen and oxygen atoms in total. The van der Waals surface area contributed by atoms with Crippen LogP contribution in [0, 0.1) is 19.7 Å². The summed E-state index contributed by atoms with van der Waals surface area (Å²) >= 11 is 0. The van der Waals surface area contributed by atoms with Crippen LogP contribution in [0.1, 0.15) is 21.8 Å². The van der Waals surface area contributed by atoms with E-state index < -0.39 is 11.7 Å². The lowest BCUT2D eigenvalue weighted by Crippen LogP contribution is -2.14. The van der Waals surface area contributed by atoms with Gasteiger partial charge in [0.05, 0.1) is 11.8 Å². The van der Waals surface area contributed by atoms with Crippen molar-refractivity contribution in [3.8, 4) is 11.1 Å². The Bertz CT molecular complexity index is 1150. The second kappa shape index (κ2) is 6.60. The summed E-state index contributed by atoms with van der Waals surface area (Å²) in [5.41, 5.74) is 4.30. The molecule has 1 amide bonds. The second-order valence-electron chi connectivity index (χ2n) is 6.11. The van der Waals surface area contributed by atoms with Crippen molar-refractivity contribution >= 4 is 22.8 Å². The Balaban J connectivity index is 1.60. The highest BCUT2D eigenvalue weighted by Gasteiger charge is 2.13. The van der Waals surface area contributed by atoms with Crippen LogP contribution in [-0.2, 0) is 0 Å². The quantitative estimate of drug-likeness (QED) is 0.588. The van der Waals surface area contributed by atoms with Crippen LogP contribution in [0.5, 0.6) is 0 Å². The normalized spacial score (nSPS) is 10.9. The number of rotatable bonds is 3. The summed E-state index contributed by atoms with van der Waals surface area (Å²) < 4.78 is 19.2. The van der Waals surface area contributed by atoms with Crippen molar-refractivity contribution < 1.29 is 13.6 Å². The summed E-state index contributed by atoms with van der Waals surface area (Å²) in [6.45, 7) is 3.79. The summed E-state index contributed by atoms with van der Waals surface area (Å²) in [5.74, 6) is -0.321. The van der Waals surface area contributed by atoms with Gasteiger partial charge in [0, 0.05) is 24.9 Å². The molecule has 4 aromatic rings. The number of benzene rings is 1. The third-order valence-electron chi connectivity index (χ3n) is 4.17. The van der Waals surface area contributed by atoms with Crippen LogP contribution in [-0.4, -0.2) is 20.9 Å². The van der Waals surface area contributed by atoms with E-state index in [0.717, 1.165) is 28.4 Å². The van der Waals surface area contributed by atoms with Gasteiger partial charge in [0.2, 0.25) is 0 Å². The van der Waals surface area contributed by atoms with Crippen LogP contribution in [0.3, 0.4) is 0 Å². The molecule has 0 unspecified atom stereocenters. The minimum atomic E-state index is -0.683. The molecule has 0 bridgehead atoms. The molecule has 0 radical (unpaired) electrons. The van der Waals surface area contributed by atoms with Crippen molar-refractivity contribution in [3.05, 3.63) is 71.8 Å². The van der Waals surface area contributed by atoms with Gasteiger partial charge in [0.25, 0.3) is 5.91 Å². The number of hydrogen-bond donors (Lipinski definition) is 1. The second-order valence-corrected chi connectivity index (χ2v) is 6.11. The van der Waals surface area contributed by atoms with Gasteiger partial charge in [-0.25, -0.2) is 14.4 Å². The van der Waals surface area contributed by atoms with Crippen molar-refractivity contribution in [2.75, 3.05) is 5.32 Å². The number of halogens is 1. The maximum absolute atomic E-state index is 13.6. The lowest BCUT2D eigenvalue weighted by atomic mass is 10.0. The number of amides is 1. The Hall–Kier alpha value is -3.61. The predicted molar refractivity (Wildman–Crippen MR) is 98.9 cm³/mol. The van der Waals surface area contributed by atoms with E-state index >= 15 is 0 Å². The largest absolute Gasteiger partial charge is 0.441 e.